The van der Waals surface area contributed by atoms with E-state index >= 15 is 0 Å². The summed E-state index contributed by atoms with van der Waals surface area (Å²) in [5.74, 6) is 0. The van der Waals surface area contributed by atoms with Crippen molar-refractivity contribution in [3.05, 3.63) is 59.7 Å². The van der Waals surface area contributed by atoms with Gasteiger partial charge in [-0.2, -0.15) is 0 Å². The molecule has 0 radical (unpaired) electrons. The van der Waals surface area contributed by atoms with Crippen LogP contribution in [0.25, 0.3) is 11.0 Å². The van der Waals surface area contributed by atoms with Crippen LogP contribution in [0.15, 0.2) is 48.5 Å². The number of hydrogen-bond donors (Lipinski definition) is 0. The highest BCUT2D eigenvalue weighted by Gasteiger charge is 2.04. The lowest BCUT2D eigenvalue weighted by atomic mass is 10.2. The fraction of sp³-hybridized carbons (Fsp3) is 0.143. The molecule has 0 aliphatic carbocycles. The Kier molecular flexibility index (Phi) is 2.37. The van der Waals surface area contributed by atoms with Crippen LogP contribution < -0.4 is 0 Å². The summed E-state index contributed by atoms with van der Waals surface area (Å²) in [7, 11) is 0. The molecule has 0 amide bonds. The third-order valence-electron chi connectivity index (χ3n) is 2.84. The van der Waals surface area contributed by atoms with Crippen LogP contribution in [-0.4, -0.2) is 15.0 Å². The quantitative estimate of drug-likeness (QED) is 0.668. The van der Waals surface area contributed by atoms with Crippen LogP contribution in [0.3, 0.4) is 0 Å². The summed E-state index contributed by atoms with van der Waals surface area (Å²) >= 11 is 0. The van der Waals surface area contributed by atoms with Crippen molar-refractivity contribution >= 4 is 11.0 Å². The van der Waals surface area contributed by atoms with E-state index in [1.807, 2.05) is 22.9 Å². The molecule has 3 heteroatoms. The molecule has 3 aromatic rings. The molecule has 1 aromatic heterocycles. The van der Waals surface area contributed by atoms with E-state index in [-0.39, 0.29) is 0 Å². The second kappa shape index (κ2) is 4.01. The predicted molar refractivity (Wildman–Crippen MR) is 67.8 cm³/mol. The Hall–Kier alpha value is -2.16. The highest BCUT2D eigenvalue weighted by atomic mass is 15.4. The van der Waals surface area contributed by atoms with Crippen molar-refractivity contribution in [3.8, 4) is 0 Å². The van der Waals surface area contributed by atoms with Crippen molar-refractivity contribution in [2.45, 2.75) is 13.5 Å². The van der Waals surface area contributed by atoms with Crippen LogP contribution in [0.1, 0.15) is 11.1 Å². The van der Waals surface area contributed by atoms with Crippen LogP contribution in [0.4, 0.5) is 0 Å². The summed E-state index contributed by atoms with van der Waals surface area (Å²) in [6.07, 6.45) is 0. The molecule has 0 spiro atoms. The molecule has 0 aliphatic rings. The molecule has 17 heavy (non-hydrogen) atoms. The lowest BCUT2D eigenvalue weighted by Crippen LogP contribution is -2.01. The van der Waals surface area contributed by atoms with Gasteiger partial charge in [-0.25, -0.2) is 4.68 Å². The molecule has 0 saturated carbocycles. The minimum atomic E-state index is 0.764. The number of rotatable bonds is 2. The van der Waals surface area contributed by atoms with Crippen LogP contribution in [0.5, 0.6) is 0 Å². The molecule has 0 aliphatic heterocycles. The van der Waals surface area contributed by atoms with Crippen LogP contribution in [0, 0.1) is 6.92 Å². The molecule has 84 valence electrons. The first kappa shape index (κ1) is 10.0. The van der Waals surface area contributed by atoms with Gasteiger partial charge in [-0.3, -0.25) is 0 Å². The van der Waals surface area contributed by atoms with Gasteiger partial charge >= 0.3 is 0 Å². The maximum Gasteiger partial charge on any atom is 0.113 e. The minimum absolute atomic E-state index is 0.764. The minimum Gasteiger partial charge on any atom is -0.240 e. The second-order valence-electron chi connectivity index (χ2n) is 4.22. The van der Waals surface area contributed by atoms with Crippen molar-refractivity contribution < 1.29 is 0 Å². The van der Waals surface area contributed by atoms with Crippen molar-refractivity contribution in [2.24, 2.45) is 0 Å². The Balaban J connectivity index is 2.01. The molecule has 0 saturated heterocycles. The molecule has 0 fully saturated rings. The lowest BCUT2D eigenvalue weighted by Gasteiger charge is -2.02. The Bertz CT molecular complexity index is 641. The summed E-state index contributed by atoms with van der Waals surface area (Å²) in [5.41, 5.74) is 4.49. The van der Waals surface area contributed by atoms with Crippen molar-refractivity contribution in [1.29, 1.82) is 0 Å². The van der Waals surface area contributed by atoms with E-state index in [1.54, 1.807) is 0 Å². The first-order valence-electron chi connectivity index (χ1n) is 5.67. The lowest BCUT2D eigenvalue weighted by molar-refractivity contribution is 0.670. The van der Waals surface area contributed by atoms with Crippen LogP contribution >= 0.6 is 0 Å². The van der Waals surface area contributed by atoms with Crippen LogP contribution in [0.2, 0.25) is 0 Å². The van der Waals surface area contributed by atoms with Crippen LogP contribution in [-0.2, 0) is 6.54 Å². The standard InChI is InChI=1S/C14H13N3/c1-11-7-8-14-13(9-11)15-16-17(14)10-12-5-3-2-4-6-12/h2-9H,10H2,1H3. The molecular weight excluding hydrogens is 210 g/mol. The summed E-state index contributed by atoms with van der Waals surface area (Å²) in [6, 6.07) is 16.5. The monoisotopic (exact) mass is 223 g/mol. The van der Waals surface area contributed by atoms with E-state index < -0.39 is 0 Å². The Morgan fingerprint density at radius 2 is 1.88 bits per heavy atom. The van der Waals surface area contributed by atoms with Crippen molar-refractivity contribution in [1.82, 2.24) is 15.0 Å². The Morgan fingerprint density at radius 1 is 1.06 bits per heavy atom. The van der Waals surface area contributed by atoms with E-state index in [2.05, 4.69) is 47.6 Å². The largest absolute Gasteiger partial charge is 0.240 e. The SMILES string of the molecule is Cc1ccc2c(c1)nnn2Cc1ccccc1. The zero-order valence-corrected chi connectivity index (χ0v) is 9.67. The maximum atomic E-state index is 4.20. The third-order valence-corrected chi connectivity index (χ3v) is 2.84. The summed E-state index contributed by atoms with van der Waals surface area (Å²) in [5, 5.41) is 8.39. The van der Waals surface area contributed by atoms with E-state index in [4.69, 9.17) is 0 Å². The van der Waals surface area contributed by atoms with E-state index in [1.165, 1.54) is 11.1 Å². The van der Waals surface area contributed by atoms with Gasteiger partial charge in [0, 0.05) is 0 Å². The summed E-state index contributed by atoms with van der Waals surface area (Å²) < 4.78 is 1.93. The Morgan fingerprint density at radius 3 is 2.71 bits per heavy atom. The zero-order valence-electron chi connectivity index (χ0n) is 9.67. The zero-order chi connectivity index (χ0) is 11.7. The number of hydrogen-bond acceptors (Lipinski definition) is 2. The molecule has 1 heterocycles. The van der Waals surface area contributed by atoms with Gasteiger partial charge < -0.3 is 0 Å². The maximum absolute atomic E-state index is 4.20. The van der Waals surface area contributed by atoms with E-state index in [0.717, 1.165) is 17.6 Å². The number of aryl methyl sites for hydroxylation is 1. The first-order chi connectivity index (χ1) is 8.33. The molecule has 3 nitrogen and oxygen atoms in total. The molecule has 0 bridgehead atoms. The van der Waals surface area contributed by atoms with Crippen molar-refractivity contribution in [2.75, 3.05) is 0 Å². The van der Waals surface area contributed by atoms with Gasteiger partial charge in [-0.05, 0) is 30.2 Å². The van der Waals surface area contributed by atoms with E-state index in [9.17, 15) is 0 Å². The summed E-state index contributed by atoms with van der Waals surface area (Å²) in [4.78, 5) is 0. The second-order valence-corrected chi connectivity index (χ2v) is 4.22. The molecule has 2 aromatic carbocycles. The summed E-state index contributed by atoms with van der Waals surface area (Å²) in [6.45, 7) is 2.83. The van der Waals surface area contributed by atoms with Gasteiger partial charge in [0.2, 0.25) is 0 Å². The average Bonchev–Trinajstić information content (AvgIpc) is 2.73. The number of fused-ring (bicyclic) bond motifs is 1. The first-order valence-corrected chi connectivity index (χ1v) is 5.67. The Labute approximate surface area is 99.7 Å². The highest BCUT2D eigenvalue weighted by molar-refractivity contribution is 5.75. The fourth-order valence-corrected chi connectivity index (χ4v) is 1.96. The topological polar surface area (TPSA) is 30.7 Å². The molecule has 0 unspecified atom stereocenters. The van der Waals surface area contributed by atoms with Gasteiger partial charge in [0.1, 0.15) is 5.52 Å². The van der Waals surface area contributed by atoms with Gasteiger partial charge in [0.05, 0.1) is 12.1 Å². The third kappa shape index (κ3) is 1.91. The molecular formula is C14H13N3. The normalized spacial score (nSPS) is 10.9. The fourth-order valence-electron chi connectivity index (χ4n) is 1.96. The molecule has 0 atom stereocenters. The van der Waals surface area contributed by atoms with Gasteiger partial charge in [-0.1, -0.05) is 41.6 Å². The average molecular weight is 223 g/mol. The van der Waals surface area contributed by atoms with Gasteiger partial charge in [0.15, 0.2) is 0 Å². The van der Waals surface area contributed by atoms with Gasteiger partial charge in [0.25, 0.3) is 0 Å². The number of aromatic nitrogens is 3. The predicted octanol–water partition coefficient (Wildman–Crippen LogP) is 2.79. The molecule has 3 rings (SSSR count). The highest BCUT2D eigenvalue weighted by Crippen LogP contribution is 2.14. The van der Waals surface area contributed by atoms with Crippen molar-refractivity contribution in [3.63, 3.8) is 0 Å². The van der Waals surface area contributed by atoms with Gasteiger partial charge in [-0.15, -0.1) is 5.10 Å². The smallest absolute Gasteiger partial charge is 0.113 e. The molecule has 0 N–H and O–H groups in total. The number of nitrogens with zero attached hydrogens (tertiary/aromatic N) is 3. The number of benzene rings is 2. The van der Waals surface area contributed by atoms with E-state index in [0.29, 0.717) is 0 Å².